The minimum absolute atomic E-state index is 0.0659. The van der Waals surface area contributed by atoms with E-state index in [4.69, 9.17) is 5.73 Å². The molecule has 1 aliphatic rings. The van der Waals surface area contributed by atoms with Gasteiger partial charge in [0.25, 0.3) is 5.91 Å². The highest BCUT2D eigenvalue weighted by Crippen LogP contribution is 2.22. The number of carbonyl (C=O) groups excluding carboxylic acids is 1. The number of nitrogens with zero attached hydrogens (tertiary/aromatic N) is 3. The maximum atomic E-state index is 12.5. The van der Waals surface area contributed by atoms with Crippen molar-refractivity contribution in [1.82, 2.24) is 9.47 Å². The van der Waals surface area contributed by atoms with Crippen LogP contribution < -0.4 is 5.73 Å². The molecule has 1 aliphatic heterocycles. The Morgan fingerprint density at radius 2 is 2.30 bits per heavy atom. The van der Waals surface area contributed by atoms with Gasteiger partial charge in [-0.25, -0.2) is 4.57 Å². The summed E-state index contributed by atoms with van der Waals surface area (Å²) in [7, 11) is 1.55. The predicted octanol–water partition coefficient (Wildman–Crippen LogP) is 1.13. The summed E-state index contributed by atoms with van der Waals surface area (Å²) in [5, 5.41) is 10.8. The fourth-order valence-corrected chi connectivity index (χ4v) is 2.78. The van der Waals surface area contributed by atoms with E-state index in [9.17, 15) is 14.9 Å². The molecular weight excluding hydrogens is 260 g/mol. The molecule has 20 heavy (non-hydrogen) atoms. The van der Waals surface area contributed by atoms with Gasteiger partial charge < -0.3 is 20.7 Å². The first-order valence-electron chi connectivity index (χ1n) is 6.84. The second-order valence-electron chi connectivity index (χ2n) is 5.23. The molecule has 1 amide bonds. The number of nitrogens with two attached hydrogens (primary N) is 1. The van der Waals surface area contributed by atoms with Crippen molar-refractivity contribution in [2.24, 2.45) is 18.7 Å². The molecule has 1 aromatic rings. The molecule has 1 atom stereocenters. The number of piperidine rings is 1. The van der Waals surface area contributed by atoms with Crippen LogP contribution in [0.2, 0.25) is 0 Å². The maximum absolute atomic E-state index is 12.5. The van der Waals surface area contributed by atoms with E-state index in [2.05, 4.69) is 0 Å². The van der Waals surface area contributed by atoms with Gasteiger partial charge in [0.1, 0.15) is 0 Å². The van der Waals surface area contributed by atoms with Crippen molar-refractivity contribution >= 4 is 11.7 Å². The van der Waals surface area contributed by atoms with Crippen LogP contribution in [0.4, 0.5) is 5.82 Å². The van der Waals surface area contributed by atoms with Crippen LogP contribution in [0.1, 0.15) is 29.8 Å². The lowest BCUT2D eigenvalue weighted by Crippen LogP contribution is -2.41. The van der Waals surface area contributed by atoms with Gasteiger partial charge >= 0.3 is 5.82 Å². The Kier molecular flexibility index (Phi) is 4.39. The van der Waals surface area contributed by atoms with Crippen molar-refractivity contribution < 1.29 is 9.72 Å². The topological polar surface area (TPSA) is 94.4 Å². The summed E-state index contributed by atoms with van der Waals surface area (Å²) < 4.78 is 1.34. The largest absolute Gasteiger partial charge is 0.358 e. The molecule has 2 rings (SSSR count). The molecule has 0 radical (unpaired) electrons. The summed E-state index contributed by atoms with van der Waals surface area (Å²) >= 11 is 0. The van der Waals surface area contributed by atoms with Crippen molar-refractivity contribution in [3.8, 4) is 0 Å². The highest BCUT2D eigenvalue weighted by atomic mass is 16.6. The van der Waals surface area contributed by atoms with E-state index in [-0.39, 0.29) is 11.7 Å². The molecule has 1 fully saturated rings. The third kappa shape index (κ3) is 2.82. The Bertz CT molecular complexity index is 510. The first-order valence-corrected chi connectivity index (χ1v) is 6.84. The third-order valence-corrected chi connectivity index (χ3v) is 3.88. The third-order valence-electron chi connectivity index (χ3n) is 3.88. The molecule has 1 aromatic heterocycles. The van der Waals surface area contributed by atoms with E-state index in [0.29, 0.717) is 31.2 Å². The summed E-state index contributed by atoms with van der Waals surface area (Å²) in [5.41, 5.74) is 5.94. The lowest BCUT2D eigenvalue weighted by Gasteiger charge is -2.32. The molecule has 7 nitrogen and oxygen atoms in total. The Hall–Kier alpha value is -1.89. The number of likely N-dealkylation sites (tertiary alicyclic amines) is 1. The fraction of sp³-hybridized carbons (Fsp3) is 0.615. The molecule has 0 spiro atoms. The van der Waals surface area contributed by atoms with Crippen LogP contribution in [0.3, 0.4) is 0 Å². The minimum atomic E-state index is -0.482. The maximum Gasteiger partial charge on any atom is 0.323 e. The molecule has 2 heterocycles. The summed E-state index contributed by atoms with van der Waals surface area (Å²) in [5.74, 6) is 0.235. The van der Waals surface area contributed by atoms with Crippen LogP contribution in [0.15, 0.2) is 12.1 Å². The Morgan fingerprint density at radius 1 is 1.55 bits per heavy atom. The van der Waals surface area contributed by atoms with E-state index in [1.54, 1.807) is 11.9 Å². The molecule has 2 N–H and O–H groups in total. The van der Waals surface area contributed by atoms with Crippen molar-refractivity contribution in [3.05, 3.63) is 27.9 Å². The molecule has 0 saturated carbocycles. The zero-order chi connectivity index (χ0) is 14.7. The van der Waals surface area contributed by atoms with Gasteiger partial charge in [0.15, 0.2) is 5.69 Å². The normalized spacial score (nSPS) is 19.1. The van der Waals surface area contributed by atoms with Gasteiger partial charge in [-0.2, -0.15) is 0 Å². The van der Waals surface area contributed by atoms with Crippen LogP contribution in [-0.4, -0.2) is 39.9 Å². The van der Waals surface area contributed by atoms with E-state index >= 15 is 0 Å². The van der Waals surface area contributed by atoms with Crippen molar-refractivity contribution in [1.29, 1.82) is 0 Å². The van der Waals surface area contributed by atoms with Gasteiger partial charge in [-0.1, -0.05) is 0 Å². The molecular formula is C13H20N4O3. The van der Waals surface area contributed by atoms with Crippen molar-refractivity contribution in [2.45, 2.75) is 19.3 Å². The van der Waals surface area contributed by atoms with Gasteiger partial charge in [-0.3, -0.25) is 4.79 Å². The summed E-state index contributed by atoms with van der Waals surface area (Å²) in [4.78, 5) is 24.6. The average Bonchev–Trinajstić information content (AvgIpc) is 2.80. The summed E-state index contributed by atoms with van der Waals surface area (Å²) in [6.07, 6.45) is 2.97. The molecule has 110 valence electrons. The highest BCUT2D eigenvalue weighted by Gasteiger charge is 2.28. The van der Waals surface area contributed by atoms with Crippen LogP contribution in [0.25, 0.3) is 0 Å². The summed E-state index contributed by atoms with van der Waals surface area (Å²) in [6, 6.07) is 2.89. The Labute approximate surface area is 117 Å². The first-order chi connectivity index (χ1) is 9.54. The van der Waals surface area contributed by atoms with Gasteiger partial charge in [0.2, 0.25) is 0 Å². The number of amides is 1. The Morgan fingerprint density at radius 3 is 2.90 bits per heavy atom. The first kappa shape index (κ1) is 14.5. The quantitative estimate of drug-likeness (QED) is 0.660. The number of nitro groups is 1. The van der Waals surface area contributed by atoms with Crippen LogP contribution in [0, 0.1) is 16.0 Å². The zero-order valence-electron chi connectivity index (χ0n) is 11.6. The second-order valence-corrected chi connectivity index (χ2v) is 5.23. The van der Waals surface area contributed by atoms with E-state index in [1.165, 1.54) is 16.7 Å². The average molecular weight is 280 g/mol. The van der Waals surface area contributed by atoms with Gasteiger partial charge in [-0.15, -0.1) is 0 Å². The molecule has 0 aliphatic carbocycles. The molecule has 1 unspecified atom stereocenters. The van der Waals surface area contributed by atoms with Crippen LogP contribution in [0.5, 0.6) is 0 Å². The van der Waals surface area contributed by atoms with E-state index in [1.807, 2.05) is 0 Å². The van der Waals surface area contributed by atoms with Gasteiger partial charge in [0.05, 0.1) is 7.05 Å². The minimum Gasteiger partial charge on any atom is -0.358 e. The molecule has 0 aromatic carbocycles. The number of aromatic nitrogens is 1. The number of hydrogen-bond acceptors (Lipinski definition) is 4. The van der Waals surface area contributed by atoms with Gasteiger partial charge in [0, 0.05) is 19.2 Å². The molecule has 1 saturated heterocycles. The van der Waals surface area contributed by atoms with Crippen molar-refractivity contribution in [2.75, 3.05) is 19.6 Å². The van der Waals surface area contributed by atoms with E-state index in [0.717, 1.165) is 19.3 Å². The summed E-state index contributed by atoms with van der Waals surface area (Å²) in [6.45, 7) is 2.02. The SMILES string of the molecule is Cn1c(C(=O)N2CCCC(CCN)C2)ccc1[N+](=O)[O-]. The lowest BCUT2D eigenvalue weighted by atomic mass is 9.94. The highest BCUT2D eigenvalue weighted by molar-refractivity contribution is 5.93. The predicted molar refractivity (Wildman–Crippen MR) is 74.4 cm³/mol. The van der Waals surface area contributed by atoms with Crippen LogP contribution in [-0.2, 0) is 7.05 Å². The standard InChI is InChI=1S/C13H20N4O3/c1-15-11(4-5-12(15)17(19)20)13(18)16-8-2-3-10(9-16)6-7-14/h4-5,10H,2-3,6-9,14H2,1H3. The van der Waals surface area contributed by atoms with Crippen LogP contribution >= 0.6 is 0 Å². The molecule has 0 bridgehead atoms. The fourth-order valence-electron chi connectivity index (χ4n) is 2.78. The number of rotatable bonds is 4. The van der Waals surface area contributed by atoms with Gasteiger partial charge in [-0.05, 0) is 42.7 Å². The molecule has 7 heteroatoms. The smallest absolute Gasteiger partial charge is 0.323 e. The lowest BCUT2D eigenvalue weighted by molar-refractivity contribution is -0.391. The Balaban J connectivity index is 2.13. The zero-order valence-corrected chi connectivity index (χ0v) is 11.6. The monoisotopic (exact) mass is 280 g/mol. The van der Waals surface area contributed by atoms with E-state index < -0.39 is 4.92 Å². The number of carbonyl (C=O) groups is 1. The number of hydrogen-bond donors (Lipinski definition) is 1. The second kappa shape index (κ2) is 6.04. The van der Waals surface area contributed by atoms with Crippen molar-refractivity contribution in [3.63, 3.8) is 0 Å².